The smallest absolute Gasteiger partial charge is 0.111 e. The van der Waals surface area contributed by atoms with E-state index in [-0.39, 0.29) is 30.3 Å². The molecular weight excluding hydrogens is 324 g/mol. The lowest BCUT2D eigenvalue weighted by Crippen LogP contribution is -2.54. The zero-order valence-electron chi connectivity index (χ0n) is 16.0. The Morgan fingerprint density at radius 1 is 0.769 bits per heavy atom. The van der Waals surface area contributed by atoms with Crippen LogP contribution >= 0.6 is 0 Å². The summed E-state index contributed by atoms with van der Waals surface area (Å²) in [4.78, 5) is 0. The summed E-state index contributed by atoms with van der Waals surface area (Å²) in [6.07, 6.45) is 1.10. The maximum atomic E-state index is 6.38. The molecule has 0 bridgehead atoms. The summed E-state index contributed by atoms with van der Waals surface area (Å²) in [6.45, 7) is 7.67. The van der Waals surface area contributed by atoms with Crippen LogP contribution in [0.5, 0.6) is 0 Å². The van der Waals surface area contributed by atoms with Crippen molar-refractivity contribution in [2.45, 2.75) is 64.8 Å². The zero-order valence-corrected chi connectivity index (χ0v) is 16.0. The molecule has 1 aliphatic heterocycles. The molecule has 5 atom stereocenters. The van der Waals surface area contributed by atoms with Gasteiger partial charge in [0, 0.05) is 5.92 Å². The molecule has 0 saturated carbocycles. The van der Waals surface area contributed by atoms with E-state index in [1.807, 2.05) is 36.4 Å². The van der Waals surface area contributed by atoms with Crippen LogP contribution < -0.4 is 0 Å². The molecule has 3 rings (SSSR count). The molecule has 3 heteroatoms. The van der Waals surface area contributed by atoms with Gasteiger partial charge in [0.1, 0.15) is 6.10 Å². The lowest BCUT2D eigenvalue weighted by molar-refractivity contribution is -0.228. The lowest BCUT2D eigenvalue weighted by atomic mass is 9.87. The third-order valence-electron chi connectivity index (χ3n) is 5.31. The Bertz CT molecular complexity index is 600. The number of hydrogen-bond donors (Lipinski definition) is 0. The van der Waals surface area contributed by atoms with Gasteiger partial charge < -0.3 is 14.2 Å². The molecule has 140 valence electrons. The fourth-order valence-corrected chi connectivity index (χ4v) is 3.57. The molecular formula is C23H30O3. The monoisotopic (exact) mass is 354 g/mol. The summed E-state index contributed by atoms with van der Waals surface area (Å²) in [7, 11) is 0. The maximum absolute atomic E-state index is 6.38. The van der Waals surface area contributed by atoms with Gasteiger partial charge >= 0.3 is 0 Å². The molecule has 1 aliphatic rings. The minimum absolute atomic E-state index is 0.0209. The van der Waals surface area contributed by atoms with Crippen LogP contribution in [0.3, 0.4) is 0 Å². The van der Waals surface area contributed by atoms with E-state index >= 15 is 0 Å². The average Bonchev–Trinajstić information content (AvgIpc) is 2.69. The Hall–Kier alpha value is -1.68. The van der Waals surface area contributed by atoms with E-state index in [1.165, 1.54) is 11.1 Å². The van der Waals surface area contributed by atoms with Crippen LogP contribution in [0.2, 0.25) is 0 Å². The summed E-state index contributed by atoms with van der Waals surface area (Å²) in [5.41, 5.74) is 2.36. The standard InChI is InChI=1S/C23H30O3/c1-4-21-23(25-16-20-13-9-6-10-14-20)22(17(2)18(3)26-21)24-15-19-11-7-5-8-12-19/h5-14,17-18,21-23H,4,15-16H2,1-3H3/t17?,18-,21?,22-,23+/m0/s1. The van der Waals surface area contributed by atoms with Crippen molar-refractivity contribution in [1.82, 2.24) is 0 Å². The Morgan fingerprint density at radius 3 is 1.77 bits per heavy atom. The van der Waals surface area contributed by atoms with Crippen LogP contribution in [0, 0.1) is 5.92 Å². The van der Waals surface area contributed by atoms with Gasteiger partial charge in [-0.25, -0.2) is 0 Å². The summed E-state index contributed by atoms with van der Waals surface area (Å²) < 4.78 is 18.9. The van der Waals surface area contributed by atoms with Crippen molar-refractivity contribution in [2.75, 3.05) is 0 Å². The van der Waals surface area contributed by atoms with Crippen molar-refractivity contribution in [2.24, 2.45) is 5.92 Å². The van der Waals surface area contributed by atoms with Crippen LogP contribution in [0.15, 0.2) is 60.7 Å². The van der Waals surface area contributed by atoms with Crippen molar-refractivity contribution >= 4 is 0 Å². The van der Waals surface area contributed by atoms with Crippen LogP contribution in [-0.2, 0) is 27.4 Å². The first-order chi connectivity index (χ1) is 12.7. The summed E-state index contributed by atoms with van der Waals surface area (Å²) in [5.74, 6) is 0.280. The zero-order chi connectivity index (χ0) is 18.4. The molecule has 26 heavy (non-hydrogen) atoms. The van der Waals surface area contributed by atoms with Crippen LogP contribution in [0.1, 0.15) is 38.3 Å². The lowest BCUT2D eigenvalue weighted by Gasteiger charge is -2.44. The summed E-state index contributed by atoms with van der Waals surface area (Å²) in [5, 5.41) is 0. The van der Waals surface area contributed by atoms with Gasteiger partial charge in [-0.05, 0) is 24.5 Å². The first kappa shape index (κ1) is 19.1. The largest absolute Gasteiger partial charge is 0.372 e. The minimum atomic E-state index is -0.0601. The molecule has 0 N–H and O–H groups in total. The van der Waals surface area contributed by atoms with Crippen molar-refractivity contribution in [3.63, 3.8) is 0 Å². The van der Waals surface area contributed by atoms with Crippen LogP contribution in [0.25, 0.3) is 0 Å². The molecule has 2 aromatic carbocycles. The van der Waals surface area contributed by atoms with E-state index in [2.05, 4.69) is 45.0 Å². The number of benzene rings is 2. The molecule has 0 aromatic heterocycles. The molecule has 0 radical (unpaired) electrons. The highest BCUT2D eigenvalue weighted by atomic mass is 16.6. The summed E-state index contributed by atoms with van der Waals surface area (Å²) in [6, 6.07) is 20.6. The highest BCUT2D eigenvalue weighted by molar-refractivity contribution is 5.14. The van der Waals surface area contributed by atoms with Crippen molar-refractivity contribution in [3.05, 3.63) is 71.8 Å². The van der Waals surface area contributed by atoms with Crippen molar-refractivity contribution in [1.29, 1.82) is 0 Å². The third kappa shape index (κ3) is 4.73. The van der Waals surface area contributed by atoms with Gasteiger partial charge in [0.15, 0.2) is 0 Å². The van der Waals surface area contributed by atoms with Crippen LogP contribution in [-0.4, -0.2) is 24.4 Å². The van der Waals surface area contributed by atoms with E-state index in [0.717, 1.165) is 6.42 Å². The molecule has 2 aromatic rings. The first-order valence-corrected chi connectivity index (χ1v) is 9.65. The predicted molar refractivity (Wildman–Crippen MR) is 104 cm³/mol. The fraction of sp³-hybridized carbons (Fsp3) is 0.478. The van der Waals surface area contributed by atoms with E-state index < -0.39 is 0 Å². The number of rotatable bonds is 7. The van der Waals surface area contributed by atoms with Gasteiger partial charge in [-0.3, -0.25) is 0 Å². The Labute approximate surface area is 157 Å². The van der Waals surface area contributed by atoms with Crippen molar-refractivity contribution < 1.29 is 14.2 Å². The van der Waals surface area contributed by atoms with E-state index in [4.69, 9.17) is 14.2 Å². The topological polar surface area (TPSA) is 27.7 Å². The maximum Gasteiger partial charge on any atom is 0.111 e. The second-order valence-electron chi connectivity index (χ2n) is 7.17. The third-order valence-corrected chi connectivity index (χ3v) is 5.31. The first-order valence-electron chi connectivity index (χ1n) is 9.65. The molecule has 0 amide bonds. The molecule has 3 nitrogen and oxygen atoms in total. The van der Waals surface area contributed by atoms with Gasteiger partial charge in [-0.1, -0.05) is 74.5 Å². The number of ether oxygens (including phenoxy) is 3. The highest BCUT2D eigenvalue weighted by Crippen LogP contribution is 2.32. The normalized spacial score (nSPS) is 28.8. The molecule has 1 heterocycles. The van der Waals surface area contributed by atoms with Crippen LogP contribution in [0.4, 0.5) is 0 Å². The SMILES string of the molecule is CCC1O[C@@H](C)C(C)[C@H](OCc2ccccc2)[C@@H]1OCc1ccccc1. The second-order valence-corrected chi connectivity index (χ2v) is 7.17. The quantitative estimate of drug-likeness (QED) is 0.701. The Balaban J connectivity index is 1.71. The van der Waals surface area contributed by atoms with Gasteiger partial charge in [0.05, 0.1) is 31.5 Å². The highest BCUT2D eigenvalue weighted by Gasteiger charge is 2.42. The molecule has 2 unspecified atom stereocenters. The number of hydrogen-bond acceptors (Lipinski definition) is 3. The average molecular weight is 354 g/mol. The van der Waals surface area contributed by atoms with Gasteiger partial charge in [-0.2, -0.15) is 0 Å². The second kappa shape index (κ2) is 9.31. The van der Waals surface area contributed by atoms with E-state index in [9.17, 15) is 0 Å². The van der Waals surface area contributed by atoms with E-state index in [1.54, 1.807) is 0 Å². The molecule has 0 aliphatic carbocycles. The molecule has 1 saturated heterocycles. The van der Waals surface area contributed by atoms with Crippen molar-refractivity contribution in [3.8, 4) is 0 Å². The van der Waals surface area contributed by atoms with Gasteiger partial charge in [-0.15, -0.1) is 0 Å². The fourth-order valence-electron chi connectivity index (χ4n) is 3.57. The Morgan fingerprint density at radius 2 is 1.27 bits per heavy atom. The molecule has 0 spiro atoms. The Kier molecular flexibility index (Phi) is 6.84. The minimum Gasteiger partial charge on any atom is -0.372 e. The van der Waals surface area contributed by atoms with Gasteiger partial charge in [0.2, 0.25) is 0 Å². The van der Waals surface area contributed by atoms with E-state index in [0.29, 0.717) is 13.2 Å². The summed E-state index contributed by atoms with van der Waals surface area (Å²) >= 11 is 0. The predicted octanol–water partition coefficient (Wildman–Crippen LogP) is 4.99. The van der Waals surface area contributed by atoms with Gasteiger partial charge in [0.25, 0.3) is 0 Å². The molecule has 1 fully saturated rings.